The third kappa shape index (κ3) is 3.93. The molecule has 1 saturated carbocycles. The summed E-state index contributed by atoms with van der Waals surface area (Å²) in [4.78, 5) is 10.5. The molecule has 0 heterocycles. The summed E-state index contributed by atoms with van der Waals surface area (Å²) >= 11 is 0. The van der Waals surface area contributed by atoms with Gasteiger partial charge in [-0.3, -0.25) is 10.1 Å². The Balaban J connectivity index is 1.83. The van der Waals surface area contributed by atoms with Gasteiger partial charge in [-0.25, -0.2) is 0 Å². The molecular weight excluding hydrogens is 256 g/mol. The van der Waals surface area contributed by atoms with Crippen LogP contribution in [0.3, 0.4) is 0 Å². The number of ether oxygens (including phenoxy) is 1. The maximum absolute atomic E-state index is 10.9. The van der Waals surface area contributed by atoms with E-state index in [-0.39, 0.29) is 5.69 Å². The first-order chi connectivity index (χ1) is 9.70. The van der Waals surface area contributed by atoms with Crippen LogP contribution < -0.4 is 10.1 Å². The number of nitrogens with one attached hydrogen (secondary N) is 1. The molecular formula is C15H22N2O3. The maximum Gasteiger partial charge on any atom is 0.311 e. The molecule has 0 saturated heterocycles. The Kier molecular flexibility index (Phi) is 5.35. The number of nitrogens with zero attached hydrogens (tertiary/aromatic N) is 1. The molecule has 1 aromatic rings. The van der Waals surface area contributed by atoms with Gasteiger partial charge in [0.2, 0.25) is 0 Å². The van der Waals surface area contributed by atoms with Crippen molar-refractivity contribution >= 4 is 5.69 Å². The highest BCUT2D eigenvalue weighted by molar-refractivity contribution is 5.48. The quantitative estimate of drug-likeness (QED) is 0.472. The zero-order valence-electron chi connectivity index (χ0n) is 11.9. The largest absolute Gasteiger partial charge is 0.490 e. The predicted octanol–water partition coefficient (Wildman–Crippen LogP) is 3.27. The molecule has 0 unspecified atom stereocenters. The molecule has 5 heteroatoms. The van der Waals surface area contributed by atoms with Crippen LogP contribution in [0.5, 0.6) is 5.75 Å². The molecule has 0 aliphatic heterocycles. The zero-order valence-corrected chi connectivity index (χ0v) is 11.9. The van der Waals surface area contributed by atoms with E-state index in [1.807, 2.05) is 6.07 Å². The minimum Gasteiger partial charge on any atom is -0.490 e. The van der Waals surface area contributed by atoms with Gasteiger partial charge in [0.15, 0.2) is 5.75 Å². The first-order valence-electron chi connectivity index (χ1n) is 7.22. The van der Waals surface area contributed by atoms with Crippen LogP contribution in [0.2, 0.25) is 0 Å². The Hall–Kier alpha value is -1.62. The van der Waals surface area contributed by atoms with E-state index >= 15 is 0 Å². The number of methoxy groups -OCH3 is 1. The van der Waals surface area contributed by atoms with Gasteiger partial charge in [0.05, 0.1) is 12.0 Å². The van der Waals surface area contributed by atoms with Crippen LogP contribution in [0.4, 0.5) is 5.69 Å². The normalized spacial score (nSPS) is 15.4. The van der Waals surface area contributed by atoms with Crippen LogP contribution in [0.1, 0.15) is 37.7 Å². The summed E-state index contributed by atoms with van der Waals surface area (Å²) in [5.74, 6) is 1.18. The van der Waals surface area contributed by atoms with Gasteiger partial charge in [-0.2, -0.15) is 0 Å². The first-order valence-corrected chi connectivity index (χ1v) is 7.22. The van der Waals surface area contributed by atoms with Gasteiger partial charge < -0.3 is 10.1 Å². The van der Waals surface area contributed by atoms with Crippen LogP contribution in [0.15, 0.2) is 18.2 Å². The van der Waals surface area contributed by atoms with Crippen LogP contribution in [0.25, 0.3) is 0 Å². The highest BCUT2D eigenvalue weighted by Gasteiger charge is 2.16. The summed E-state index contributed by atoms with van der Waals surface area (Å²) in [6.07, 6.45) is 6.66. The molecule has 20 heavy (non-hydrogen) atoms. The van der Waals surface area contributed by atoms with E-state index < -0.39 is 4.92 Å². The van der Waals surface area contributed by atoms with Crippen LogP contribution in [0, 0.1) is 16.0 Å². The Labute approximate surface area is 119 Å². The third-order valence-electron chi connectivity index (χ3n) is 3.97. The van der Waals surface area contributed by atoms with Gasteiger partial charge in [-0.05, 0) is 30.5 Å². The summed E-state index contributed by atoms with van der Waals surface area (Å²) in [7, 11) is 1.45. The number of nitro benzene ring substituents is 1. The lowest BCUT2D eigenvalue weighted by atomic mass is 10.0. The molecule has 0 bridgehead atoms. The van der Waals surface area contributed by atoms with Crippen molar-refractivity contribution in [3.8, 4) is 5.75 Å². The highest BCUT2D eigenvalue weighted by Crippen LogP contribution is 2.28. The SMILES string of the molecule is COc1ccc(CNCCC2CCCC2)cc1[N+](=O)[O-]. The maximum atomic E-state index is 10.9. The van der Waals surface area contributed by atoms with E-state index in [0.717, 1.165) is 18.0 Å². The van der Waals surface area contributed by atoms with Crippen molar-refractivity contribution in [2.24, 2.45) is 5.92 Å². The Morgan fingerprint density at radius 3 is 2.80 bits per heavy atom. The van der Waals surface area contributed by atoms with Crippen molar-refractivity contribution in [2.45, 2.75) is 38.6 Å². The summed E-state index contributed by atoms with van der Waals surface area (Å²) in [5.41, 5.74) is 0.950. The Morgan fingerprint density at radius 2 is 2.15 bits per heavy atom. The fourth-order valence-corrected chi connectivity index (χ4v) is 2.83. The average molecular weight is 278 g/mol. The Bertz CT molecular complexity index is 456. The van der Waals surface area contributed by atoms with E-state index in [0.29, 0.717) is 12.3 Å². The monoisotopic (exact) mass is 278 g/mol. The van der Waals surface area contributed by atoms with Crippen LogP contribution >= 0.6 is 0 Å². The summed E-state index contributed by atoms with van der Waals surface area (Å²) < 4.78 is 4.99. The molecule has 1 aromatic carbocycles. The minimum absolute atomic E-state index is 0.0302. The lowest BCUT2D eigenvalue weighted by Gasteiger charge is -2.10. The van der Waals surface area contributed by atoms with Crippen molar-refractivity contribution in [1.29, 1.82) is 0 Å². The van der Waals surface area contributed by atoms with Crippen LogP contribution in [-0.2, 0) is 6.54 Å². The van der Waals surface area contributed by atoms with Crippen molar-refractivity contribution in [3.05, 3.63) is 33.9 Å². The lowest BCUT2D eigenvalue weighted by Crippen LogP contribution is -2.17. The zero-order chi connectivity index (χ0) is 14.4. The van der Waals surface area contributed by atoms with E-state index in [9.17, 15) is 10.1 Å². The number of hydrogen-bond acceptors (Lipinski definition) is 4. The highest BCUT2D eigenvalue weighted by atomic mass is 16.6. The summed E-state index contributed by atoms with van der Waals surface area (Å²) in [5, 5.41) is 14.3. The molecule has 1 aliphatic carbocycles. The second-order valence-corrected chi connectivity index (χ2v) is 5.38. The lowest BCUT2D eigenvalue weighted by molar-refractivity contribution is -0.385. The van der Waals surface area contributed by atoms with E-state index in [2.05, 4.69) is 5.32 Å². The molecule has 1 aliphatic rings. The van der Waals surface area contributed by atoms with Gasteiger partial charge >= 0.3 is 5.69 Å². The van der Waals surface area contributed by atoms with Crippen LogP contribution in [-0.4, -0.2) is 18.6 Å². The number of nitro groups is 1. The van der Waals surface area contributed by atoms with Gasteiger partial charge in [0, 0.05) is 12.6 Å². The average Bonchev–Trinajstić information content (AvgIpc) is 2.96. The van der Waals surface area contributed by atoms with E-state index in [4.69, 9.17) is 4.74 Å². The second kappa shape index (κ2) is 7.24. The number of hydrogen-bond donors (Lipinski definition) is 1. The van der Waals surface area contributed by atoms with Gasteiger partial charge in [-0.1, -0.05) is 31.7 Å². The molecule has 0 aromatic heterocycles. The van der Waals surface area contributed by atoms with Crippen molar-refractivity contribution < 1.29 is 9.66 Å². The van der Waals surface area contributed by atoms with Gasteiger partial charge in [-0.15, -0.1) is 0 Å². The standard InChI is InChI=1S/C15H22N2O3/c1-20-15-7-6-13(10-14(15)17(18)19)11-16-9-8-12-4-2-3-5-12/h6-7,10,12,16H,2-5,8-9,11H2,1H3. The molecule has 0 radical (unpaired) electrons. The number of benzene rings is 1. The predicted molar refractivity (Wildman–Crippen MR) is 77.9 cm³/mol. The van der Waals surface area contributed by atoms with Crippen molar-refractivity contribution in [1.82, 2.24) is 5.32 Å². The molecule has 0 atom stereocenters. The molecule has 5 nitrogen and oxygen atoms in total. The second-order valence-electron chi connectivity index (χ2n) is 5.38. The van der Waals surface area contributed by atoms with Crippen molar-refractivity contribution in [3.63, 3.8) is 0 Å². The molecule has 1 N–H and O–H groups in total. The summed E-state index contributed by atoms with van der Waals surface area (Å²) in [6, 6.07) is 5.11. The van der Waals surface area contributed by atoms with Gasteiger partial charge in [0.1, 0.15) is 0 Å². The van der Waals surface area contributed by atoms with E-state index in [1.54, 1.807) is 12.1 Å². The molecule has 1 fully saturated rings. The topological polar surface area (TPSA) is 64.4 Å². The molecule has 0 spiro atoms. The molecule has 0 amide bonds. The smallest absolute Gasteiger partial charge is 0.311 e. The summed E-state index contributed by atoms with van der Waals surface area (Å²) in [6.45, 7) is 1.64. The third-order valence-corrected chi connectivity index (χ3v) is 3.97. The molecule has 110 valence electrons. The van der Waals surface area contributed by atoms with Gasteiger partial charge in [0.25, 0.3) is 0 Å². The Morgan fingerprint density at radius 1 is 1.40 bits per heavy atom. The fraction of sp³-hybridized carbons (Fsp3) is 0.600. The first kappa shape index (κ1) is 14.8. The van der Waals surface area contributed by atoms with Crippen molar-refractivity contribution in [2.75, 3.05) is 13.7 Å². The molecule has 2 rings (SSSR count). The fourth-order valence-electron chi connectivity index (χ4n) is 2.83. The minimum atomic E-state index is -0.402. The van der Waals surface area contributed by atoms with E-state index in [1.165, 1.54) is 39.2 Å². The number of rotatable bonds is 7.